The van der Waals surface area contributed by atoms with Crippen molar-refractivity contribution in [2.75, 3.05) is 6.61 Å². The first-order valence-corrected chi connectivity index (χ1v) is 6.67. The van der Waals surface area contributed by atoms with Crippen LogP contribution in [0.15, 0.2) is 25.3 Å². The summed E-state index contributed by atoms with van der Waals surface area (Å²) in [5.41, 5.74) is 0. The molecule has 0 aromatic rings. The number of phosphoric ester groups is 1. The summed E-state index contributed by atoms with van der Waals surface area (Å²) in [7, 11) is -4.54. The van der Waals surface area contributed by atoms with Gasteiger partial charge in [0.1, 0.15) is 0 Å². The van der Waals surface area contributed by atoms with Gasteiger partial charge in [0.15, 0.2) is 0 Å². The topological polar surface area (TPSA) is 119 Å². The Morgan fingerprint density at radius 2 is 1.63 bits per heavy atom. The maximum Gasteiger partial charge on any atom is 0.469 e. The van der Waals surface area contributed by atoms with Crippen LogP contribution in [0.1, 0.15) is 12.8 Å². The van der Waals surface area contributed by atoms with E-state index in [4.69, 9.17) is 19.3 Å². The van der Waals surface area contributed by atoms with Gasteiger partial charge in [0, 0.05) is 18.6 Å². The molecule has 0 aliphatic heterocycles. The zero-order valence-electron chi connectivity index (χ0n) is 10.1. The minimum absolute atomic E-state index is 0.0131. The molecule has 19 heavy (non-hydrogen) atoms. The van der Waals surface area contributed by atoms with Crippen molar-refractivity contribution >= 4 is 19.8 Å². The van der Waals surface area contributed by atoms with Crippen LogP contribution in [0.25, 0.3) is 0 Å². The van der Waals surface area contributed by atoms with Crippen LogP contribution in [-0.4, -0.2) is 34.6 Å². The lowest BCUT2D eigenvalue weighted by Gasteiger charge is -2.16. The summed E-state index contributed by atoms with van der Waals surface area (Å²) < 4.78 is 24.0. The molecule has 0 saturated carbocycles. The number of rotatable bonds is 9. The monoisotopic (exact) mass is 294 g/mol. The lowest BCUT2D eigenvalue weighted by Crippen LogP contribution is -2.23. The van der Waals surface area contributed by atoms with E-state index in [2.05, 4.69) is 17.7 Å². The molecule has 2 N–H and O–H groups in total. The zero-order chi connectivity index (χ0) is 14.9. The van der Waals surface area contributed by atoms with E-state index in [1.807, 2.05) is 0 Å². The summed E-state index contributed by atoms with van der Waals surface area (Å²) in [5.74, 6) is -1.59. The molecule has 0 amide bonds. The van der Waals surface area contributed by atoms with Crippen molar-refractivity contribution in [3.63, 3.8) is 0 Å². The third-order valence-corrected chi connectivity index (χ3v) is 2.19. The fourth-order valence-electron chi connectivity index (χ4n) is 0.931. The lowest BCUT2D eigenvalue weighted by molar-refractivity contribution is -0.182. The number of hydrogen-bond donors (Lipinski definition) is 2. The average molecular weight is 294 g/mol. The van der Waals surface area contributed by atoms with Gasteiger partial charge in [-0.05, 0) is 6.42 Å². The Morgan fingerprint density at radius 3 is 2.00 bits per heavy atom. The number of phosphoric acid groups is 1. The first-order valence-electron chi connectivity index (χ1n) is 5.14. The van der Waals surface area contributed by atoms with Gasteiger partial charge in [-0.3, -0.25) is 4.52 Å². The van der Waals surface area contributed by atoms with Gasteiger partial charge < -0.3 is 19.3 Å². The van der Waals surface area contributed by atoms with E-state index in [-0.39, 0.29) is 19.4 Å². The van der Waals surface area contributed by atoms with Crippen molar-refractivity contribution < 1.29 is 37.9 Å². The van der Waals surface area contributed by atoms with E-state index in [0.717, 1.165) is 12.2 Å². The highest BCUT2D eigenvalue weighted by atomic mass is 31.2. The van der Waals surface area contributed by atoms with Gasteiger partial charge in [-0.15, -0.1) is 0 Å². The van der Waals surface area contributed by atoms with Crippen LogP contribution in [-0.2, 0) is 28.2 Å². The van der Waals surface area contributed by atoms with E-state index in [0.29, 0.717) is 0 Å². The normalized spacial score (nSPS) is 10.9. The minimum atomic E-state index is -4.54. The summed E-state index contributed by atoms with van der Waals surface area (Å²) in [5, 5.41) is 0. The average Bonchev–Trinajstić information content (AvgIpc) is 2.32. The Balaban J connectivity index is 4.22. The first kappa shape index (κ1) is 17.5. The number of carbonyl (C=O) groups is 2. The predicted molar refractivity (Wildman–Crippen MR) is 63.6 cm³/mol. The van der Waals surface area contributed by atoms with Crippen LogP contribution in [0.2, 0.25) is 0 Å². The van der Waals surface area contributed by atoms with Crippen LogP contribution in [0.4, 0.5) is 0 Å². The summed E-state index contributed by atoms with van der Waals surface area (Å²) in [6.45, 7) is 6.08. The van der Waals surface area contributed by atoms with Crippen molar-refractivity contribution in [2.45, 2.75) is 19.1 Å². The maximum absolute atomic E-state index is 11.0. The van der Waals surface area contributed by atoms with E-state index in [1.165, 1.54) is 0 Å². The molecule has 0 aromatic carbocycles. The molecule has 0 heterocycles. The summed E-state index contributed by atoms with van der Waals surface area (Å²) in [6.07, 6.45) is 0.697. The van der Waals surface area contributed by atoms with Crippen molar-refractivity contribution in [1.29, 1.82) is 0 Å². The van der Waals surface area contributed by atoms with Crippen molar-refractivity contribution in [3.05, 3.63) is 25.3 Å². The summed E-state index contributed by atoms with van der Waals surface area (Å²) >= 11 is 0. The molecule has 0 saturated heterocycles. The van der Waals surface area contributed by atoms with Gasteiger partial charge in [-0.2, -0.15) is 0 Å². The highest BCUT2D eigenvalue weighted by Gasteiger charge is 2.18. The van der Waals surface area contributed by atoms with Crippen molar-refractivity contribution in [3.8, 4) is 0 Å². The molecule has 8 nitrogen and oxygen atoms in total. The van der Waals surface area contributed by atoms with Crippen molar-refractivity contribution in [1.82, 2.24) is 0 Å². The van der Waals surface area contributed by atoms with E-state index >= 15 is 0 Å². The Labute approximate surface area is 109 Å². The molecule has 108 valence electrons. The minimum Gasteiger partial charge on any atom is -0.422 e. The third-order valence-electron chi connectivity index (χ3n) is 1.67. The Kier molecular flexibility index (Phi) is 7.94. The molecule has 0 aromatic heterocycles. The highest BCUT2D eigenvalue weighted by Crippen LogP contribution is 2.35. The molecular formula is C10H15O8P. The second kappa shape index (κ2) is 8.60. The molecule has 0 aliphatic carbocycles. The van der Waals surface area contributed by atoms with Crippen LogP contribution < -0.4 is 0 Å². The fraction of sp³-hybridized carbons (Fsp3) is 0.400. The first-order chi connectivity index (χ1) is 8.78. The van der Waals surface area contributed by atoms with E-state index in [9.17, 15) is 14.2 Å². The Morgan fingerprint density at radius 1 is 1.16 bits per heavy atom. The van der Waals surface area contributed by atoms with Gasteiger partial charge in [0.05, 0.1) is 6.61 Å². The zero-order valence-corrected chi connectivity index (χ0v) is 11.0. The Bertz CT molecular complexity index is 363. The fourth-order valence-corrected chi connectivity index (χ4v) is 1.30. The molecule has 9 heteroatoms. The second-order valence-corrected chi connectivity index (χ2v) is 4.42. The van der Waals surface area contributed by atoms with Crippen LogP contribution in [0.5, 0.6) is 0 Å². The number of ether oxygens (including phenoxy) is 2. The third kappa shape index (κ3) is 10.2. The van der Waals surface area contributed by atoms with Crippen LogP contribution >= 0.6 is 7.82 Å². The SMILES string of the molecule is C=CC(=O)OC(CCCOP(=O)(O)O)OC(=O)C=C. The summed E-state index contributed by atoms with van der Waals surface area (Å²) in [4.78, 5) is 38.8. The molecule has 0 bridgehead atoms. The number of esters is 2. The molecule has 0 atom stereocenters. The highest BCUT2D eigenvalue weighted by molar-refractivity contribution is 7.46. The van der Waals surface area contributed by atoms with E-state index < -0.39 is 26.1 Å². The molecule has 0 fully saturated rings. The van der Waals surface area contributed by atoms with Crippen LogP contribution in [0.3, 0.4) is 0 Å². The molecule has 0 radical (unpaired) electrons. The largest absolute Gasteiger partial charge is 0.469 e. The van der Waals surface area contributed by atoms with Crippen molar-refractivity contribution in [2.24, 2.45) is 0 Å². The van der Waals surface area contributed by atoms with Crippen LogP contribution in [0, 0.1) is 0 Å². The lowest BCUT2D eigenvalue weighted by atomic mass is 10.3. The number of hydrogen-bond acceptors (Lipinski definition) is 6. The second-order valence-electron chi connectivity index (χ2n) is 3.18. The van der Waals surface area contributed by atoms with Gasteiger partial charge in [-0.25, -0.2) is 14.2 Å². The van der Waals surface area contributed by atoms with Gasteiger partial charge in [0.25, 0.3) is 0 Å². The van der Waals surface area contributed by atoms with Gasteiger partial charge in [-0.1, -0.05) is 13.2 Å². The van der Waals surface area contributed by atoms with E-state index in [1.54, 1.807) is 0 Å². The molecular weight excluding hydrogens is 279 g/mol. The molecule has 0 spiro atoms. The van der Waals surface area contributed by atoms with Gasteiger partial charge in [0.2, 0.25) is 6.29 Å². The Hall–Kier alpha value is -1.47. The maximum atomic E-state index is 11.0. The smallest absolute Gasteiger partial charge is 0.422 e. The number of carbonyl (C=O) groups excluding carboxylic acids is 2. The molecule has 0 rings (SSSR count). The predicted octanol–water partition coefficient (Wildman–Crippen LogP) is 0.660. The molecule has 0 aliphatic rings. The molecule has 0 unspecified atom stereocenters. The summed E-state index contributed by atoms with van der Waals surface area (Å²) in [6, 6.07) is 0. The quantitative estimate of drug-likeness (QED) is 0.209. The van der Waals surface area contributed by atoms with Gasteiger partial charge >= 0.3 is 19.8 Å². The standard InChI is InChI=1S/C10H15O8P/c1-3-8(11)17-10(18-9(12)4-2)6-5-7-16-19(13,14)15/h3-4,10H,1-2,5-7H2,(H2,13,14,15).